The van der Waals surface area contributed by atoms with Gasteiger partial charge in [0.2, 0.25) is 5.88 Å². The zero-order valence-corrected chi connectivity index (χ0v) is 11.1. The van der Waals surface area contributed by atoms with Crippen LogP contribution in [0, 0.1) is 0 Å². The van der Waals surface area contributed by atoms with E-state index in [-0.39, 0.29) is 12.0 Å². The van der Waals surface area contributed by atoms with E-state index < -0.39 is 29.8 Å². The zero-order valence-electron chi connectivity index (χ0n) is 11.1. The number of methoxy groups -OCH3 is 1. The van der Waals surface area contributed by atoms with Crippen LogP contribution in [0.2, 0.25) is 0 Å². The number of ether oxygens (including phenoxy) is 1. The summed E-state index contributed by atoms with van der Waals surface area (Å²) in [5, 5.41) is 22.3. The van der Waals surface area contributed by atoms with E-state index in [2.05, 4.69) is 15.0 Å². The van der Waals surface area contributed by atoms with Gasteiger partial charge in [0.15, 0.2) is 0 Å². The number of halogens is 3. The molecule has 1 rings (SSSR count). The van der Waals surface area contributed by atoms with Crippen molar-refractivity contribution in [3.63, 3.8) is 0 Å². The number of aromatic nitrogens is 1. The summed E-state index contributed by atoms with van der Waals surface area (Å²) in [6, 6.07) is 0.735. The predicted molar refractivity (Wildman–Crippen MR) is 65.3 cm³/mol. The molecule has 2 unspecified atom stereocenters. The van der Waals surface area contributed by atoms with Gasteiger partial charge >= 0.3 is 6.18 Å². The van der Waals surface area contributed by atoms with E-state index in [4.69, 9.17) is 0 Å². The fourth-order valence-electron chi connectivity index (χ4n) is 1.67. The van der Waals surface area contributed by atoms with Gasteiger partial charge in [-0.15, -0.1) is 0 Å². The molecule has 0 fully saturated rings. The van der Waals surface area contributed by atoms with Crippen molar-refractivity contribution in [2.24, 2.45) is 0 Å². The largest absolute Gasteiger partial charge is 0.481 e. The Balaban J connectivity index is 3.02. The number of hydrogen-bond acceptors (Lipinski definition) is 5. The second-order valence-electron chi connectivity index (χ2n) is 4.23. The van der Waals surface area contributed by atoms with Crippen LogP contribution in [-0.2, 0) is 6.18 Å². The first kappa shape index (κ1) is 16.7. The second-order valence-corrected chi connectivity index (χ2v) is 4.23. The summed E-state index contributed by atoms with van der Waals surface area (Å²) in [5.74, 6) is -0.571. The highest BCUT2D eigenvalue weighted by Crippen LogP contribution is 2.36. The second kappa shape index (κ2) is 6.87. The highest BCUT2D eigenvalue weighted by atomic mass is 19.4. The Kier molecular flexibility index (Phi) is 5.73. The molecule has 0 saturated carbocycles. The first-order valence-electron chi connectivity index (χ1n) is 5.93. The molecule has 5 nitrogen and oxygen atoms in total. The number of alkyl halides is 3. The number of aliphatic hydroxyl groups is 2. The third-order valence-corrected chi connectivity index (χ3v) is 2.77. The van der Waals surface area contributed by atoms with Crippen molar-refractivity contribution in [2.45, 2.75) is 24.8 Å². The minimum absolute atomic E-state index is 0.110. The standard InChI is InChI=1S/C12H17F3N2O3/c1-16-4-3-9(18)10(19)7-5-8(12(13,14)15)11(20-2)17-6-7/h5-6,9-10,16,18-19H,3-4H2,1-2H3. The van der Waals surface area contributed by atoms with Crippen LogP contribution >= 0.6 is 0 Å². The maximum Gasteiger partial charge on any atom is 0.421 e. The van der Waals surface area contributed by atoms with Crippen molar-refractivity contribution in [3.05, 3.63) is 23.4 Å². The molecule has 20 heavy (non-hydrogen) atoms. The van der Waals surface area contributed by atoms with Gasteiger partial charge in [-0.25, -0.2) is 4.98 Å². The van der Waals surface area contributed by atoms with Gasteiger partial charge in [-0.1, -0.05) is 0 Å². The molecule has 0 aromatic carbocycles. The Bertz CT molecular complexity index is 440. The van der Waals surface area contributed by atoms with E-state index in [0.717, 1.165) is 19.4 Å². The van der Waals surface area contributed by atoms with Crippen LogP contribution in [0.15, 0.2) is 12.3 Å². The van der Waals surface area contributed by atoms with Crippen molar-refractivity contribution in [3.8, 4) is 5.88 Å². The Morgan fingerprint density at radius 2 is 2.05 bits per heavy atom. The van der Waals surface area contributed by atoms with E-state index in [1.54, 1.807) is 7.05 Å². The molecular weight excluding hydrogens is 277 g/mol. The van der Waals surface area contributed by atoms with Gasteiger partial charge in [0.05, 0.1) is 13.2 Å². The van der Waals surface area contributed by atoms with Crippen LogP contribution in [0.5, 0.6) is 5.88 Å². The Labute approximate surface area is 114 Å². The van der Waals surface area contributed by atoms with Crippen LogP contribution in [0.1, 0.15) is 23.7 Å². The number of nitrogens with one attached hydrogen (secondary N) is 1. The quantitative estimate of drug-likeness (QED) is 0.733. The molecule has 1 heterocycles. The molecule has 2 atom stereocenters. The van der Waals surface area contributed by atoms with E-state index in [0.29, 0.717) is 6.54 Å². The molecule has 114 valence electrons. The van der Waals surface area contributed by atoms with E-state index in [1.807, 2.05) is 0 Å². The molecule has 0 spiro atoms. The molecule has 8 heteroatoms. The summed E-state index contributed by atoms with van der Waals surface area (Å²) in [7, 11) is 2.74. The Hall–Kier alpha value is -1.38. The number of pyridine rings is 1. The summed E-state index contributed by atoms with van der Waals surface area (Å²) in [6.07, 6.45) is -6.02. The predicted octanol–water partition coefficient (Wildman–Crippen LogP) is 1.11. The lowest BCUT2D eigenvalue weighted by molar-refractivity contribution is -0.139. The van der Waals surface area contributed by atoms with Crippen LogP contribution in [0.25, 0.3) is 0 Å². The molecule has 0 bridgehead atoms. The van der Waals surface area contributed by atoms with Crippen LogP contribution < -0.4 is 10.1 Å². The SMILES string of the molecule is CNCCC(O)C(O)c1cnc(OC)c(C(F)(F)F)c1. The average Bonchev–Trinajstić information content (AvgIpc) is 2.42. The third kappa shape index (κ3) is 4.06. The molecule has 0 amide bonds. The van der Waals surface area contributed by atoms with E-state index in [1.165, 1.54) is 0 Å². The minimum Gasteiger partial charge on any atom is -0.481 e. The van der Waals surface area contributed by atoms with Gasteiger partial charge in [-0.05, 0) is 26.1 Å². The zero-order chi connectivity index (χ0) is 15.3. The number of nitrogens with zero attached hydrogens (tertiary/aromatic N) is 1. The molecule has 0 aliphatic carbocycles. The van der Waals surface area contributed by atoms with Crippen molar-refractivity contribution in [1.82, 2.24) is 10.3 Å². The number of hydrogen-bond donors (Lipinski definition) is 3. The maximum absolute atomic E-state index is 12.8. The lowest BCUT2D eigenvalue weighted by atomic mass is 10.0. The third-order valence-electron chi connectivity index (χ3n) is 2.77. The molecule has 0 aliphatic rings. The lowest BCUT2D eigenvalue weighted by Crippen LogP contribution is -2.24. The summed E-state index contributed by atoms with van der Waals surface area (Å²) in [4.78, 5) is 3.52. The van der Waals surface area contributed by atoms with Crippen LogP contribution in [-0.4, -0.2) is 42.0 Å². The van der Waals surface area contributed by atoms with E-state index >= 15 is 0 Å². The first-order chi connectivity index (χ1) is 9.31. The van der Waals surface area contributed by atoms with Gasteiger partial charge in [0.1, 0.15) is 11.7 Å². The van der Waals surface area contributed by atoms with Crippen molar-refractivity contribution >= 4 is 0 Å². The topological polar surface area (TPSA) is 74.6 Å². The van der Waals surface area contributed by atoms with Crippen molar-refractivity contribution < 1.29 is 28.1 Å². The Morgan fingerprint density at radius 3 is 2.55 bits per heavy atom. The smallest absolute Gasteiger partial charge is 0.421 e. The molecule has 0 radical (unpaired) electrons. The molecule has 0 aliphatic heterocycles. The Morgan fingerprint density at radius 1 is 1.40 bits per heavy atom. The maximum atomic E-state index is 12.8. The fourth-order valence-corrected chi connectivity index (χ4v) is 1.67. The summed E-state index contributed by atoms with van der Waals surface area (Å²) in [5.41, 5.74) is -1.20. The minimum atomic E-state index is -4.65. The normalized spacial score (nSPS) is 14.9. The number of rotatable bonds is 6. The monoisotopic (exact) mass is 294 g/mol. The molecular formula is C12H17F3N2O3. The number of aliphatic hydroxyl groups excluding tert-OH is 2. The lowest BCUT2D eigenvalue weighted by Gasteiger charge is -2.19. The fraction of sp³-hybridized carbons (Fsp3) is 0.583. The molecule has 1 aromatic rings. The van der Waals surface area contributed by atoms with Gasteiger partial charge in [-0.2, -0.15) is 13.2 Å². The molecule has 1 aromatic heterocycles. The van der Waals surface area contributed by atoms with Crippen LogP contribution in [0.4, 0.5) is 13.2 Å². The summed E-state index contributed by atoms with van der Waals surface area (Å²) in [6.45, 7) is 0.425. The van der Waals surface area contributed by atoms with Crippen molar-refractivity contribution in [1.29, 1.82) is 0 Å². The first-order valence-corrected chi connectivity index (χ1v) is 5.93. The highest BCUT2D eigenvalue weighted by Gasteiger charge is 2.36. The van der Waals surface area contributed by atoms with Gasteiger partial charge in [0.25, 0.3) is 0 Å². The highest BCUT2D eigenvalue weighted by molar-refractivity contribution is 5.33. The molecule has 3 N–H and O–H groups in total. The van der Waals surface area contributed by atoms with Gasteiger partial charge in [-0.3, -0.25) is 0 Å². The van der Waals surface area contributed by atoms with E-state index in [9.17, 15) is 23.4 Å². The van der Waals surface area contributed by atoms with Gasteiger partial charge in [0, 0.05) is 11.8 Å². The van der Waals surface area contributed by atoms with Crippen LogP contribution in [0.3, 0.4) is 0 Å². The molecule has 0 saturated heterocycles. The summed E-state index contributed by atoms with van der Waals surface area (Å²) < 4.78 is 43.0. The van der Waals surface area contributed by atoms with Gasteiger partial charge < -0.3 is 20.3 Å². The summed E-state index contributed by atoms with van der Waals surface area (Å²) >= 11 is 0. The average molecular weight is 294 g/mol. The van der Waals surface area contributed by atoms with Crippen molar-refractivity contribution in [2.75, 3.05) is 20.7 Å².